The highest BCUT2D eigenvalue weighted by Gasteiger charge is 2.07. The first-order chi connectivity index (χ1) is 10.7. The van der Waals surface area contributed by atoms with E-state index in [-0.39, 0.29) is 0 Å². The van der Waals surface area contributed by atoms with Gasteiger partial charge in [0.2, 0.25) is 0 Å². The number of hydrazine groups is 1. The molecular weight excluding hydrogens is 276 g/mol. The van der Waals surface area contributed by atoms with Gasteiger partial charge in [-0.05, 0) is 50.6 Å². The molecule has 1 unspecified atom stereocenters. The summed E-state index contributed by atoms with van der Waals surface area (Å²) in [6.07, 6.45) is 8.99. The van der Waals surface area contributed by atoms with E-state index in [0.29, 0.717) is 12.5 Å². The Balaban J connectivity index is 4.20. The Kier molecular flexibility index (Phi) is 13.0. The van der Waals surface area contributed by atoms with Crippen LogP contribution in [0.1, 0.15) is 32.6 Å². The van der Waals surface area contributed by atoms with Crippen LogP contribution in [0.25, 0.3) is 0 Å². The second-order valence-electron chi connectivity index (χ2n) is 5.04. The highest BCUT2D eigenvalue weighted by Crippen LogP contribution is 2.13. The van der Waals surface area contributed by atoms with Gasteiger partial charge >= 0.3 is 0 Å². The van der Waals surface area contributed by atoms with Gasteiger partial charge in [-0.3, -0.25) is 16.7 Å². The molecule has 0 aromatic carbocycles. The summed E-state index contributed by atoms with van der Waals surface area (Å²) in [6.45, 7) is 7.65. The number of aliphatic imine (C=N–C) groups is 1. The molecule has 0 bridgehead atoms. The molecule has 0 saturated heterocycles. The van der Waals surface area contributed by atoms with E-state index in [9.17, 15) is 0 Å². The lowest BCUT2D eigenvalue weighted by Gasteiger charge is -2.15. The molecular formula is C16H28N6. The Morgan fingerprint density at radius 2 is 2.27 bits per heavy atom. The molecule has 0 heterocycles. The Morgan fingerprint density at radius 3 is 2.86 bits per heavy atom. The highest BCUT2D eigenvalue weighted by molar-refractivity contribution is 6.03. The van der Waals surface area contributed by atoms with Crippen LogP contribution in [-0.4, -0.2) is 31.7 Å². The van der Waals surface area contributed by atoms with Crippen molar-refractivity contribution < 1.29 is 0 Å². The van der Waals surface area contributed by atoms with Crippen molar-refractivity contribution in [3.63, 3.8) is 0 Å². The number of hydrogen-bond donors (Lipinski definition) is 4. The lowest BCUT2D eigenvalue weighted by Crippen LogP contribution is -2.30. The van der Waals surface area contributed by atoms with Crippen LogP contribution in [0.3, 0.4) is 0 Å². The van der Waals surface area contributed by atoms with Crippen molar-refractivity contribution in [3.05, 3.63) is 24.3 Å². The number of unbranched alkanes of at least 4 members (excludes halogenated alkanes) is 1. The van der Waals surface area contributed by atoms with Crippen molar-refractivity contribution in [2.75, 3.05) is 19.6 Å². The molecule has 0 aromatic rings. The van der Waals surface area contributed by atoms with Gasteiger partial charge in [0.05, 0.1) is 12.6 Å². The molecule has 0 spiro atoms. The molecule has 1 atom stereocenters. The molecule has 0 rings (SSSR count). The number of nitrogens with zero attached hydrogens (tertiary/aromatic N) is 2. The van der Waals surface area contributed by atoms with Gasteiger partial charge in [0.25, 0.3) is 0 Å². The summed E-state index contributed by atoms with van der Waals surface area (Å²) in [5, 5.41) is 18.6. The Hall–Kier alpha value is -1.81. The van der Waals surface area contributed by atoms with E-state index in [2.05, 4.69) is 34.5 Å². The Labute approximate surface area is 133 Å². The van der Waals surface area contributed by atoms with Gasteiger partial charge < -0.3 is 5.32 Å². The van der Waals surface area contributed by atoms with Gasteiger partial charge in [0, 0.05) is 12.3 Å². The quantitative estimate of drug-likeness (QED) is 0.0792. The van der Waals surface area contributed by atoms with Crippen molar-refractivity contribution >= 4 is 12.1 Å². The zero-order valence-electron chi connectivity index (χ0n) is 13.4. The molecule has 5 N–H and O–H groups in total. The monoisotopic (exact) mass is 304 g/mol. The van der Waals surface area contributed by atoms with Crippen LogP contribution in [0.5, 0.6) is 0 Å². The number of allylic oxidation sites excluding steroid dienone is 3. The Bertz CT molecular complexity index is 419. The molecule has 122 valence electrons. The third kappa shape index (κ3) is 10.00. The summed E-state index contributed by atoms with van der Waals surface area (Å²) in [5.41, 5.74) is 4.53. The van der Waals surface area contributed by atoms with Crippen molar-refractivity contribution in [2.45, 2.75) is 32.6 Å². The molecule has 6 nitrogen and oxygen atoms in total. The van der Waals surface area contributed by atoms with Crippen LogP contribution in [0, 0.1) is 22.7 Å². The maximum absolute atomic E-state index is 8.48. The number of rotatable bonds is 13. The predicted molar refractivity (Wildman–Crippen MR) is 92.8 cm³/mol. The van der Waals surface area contributed by atoms with Gasteiger partial charge in [0.15, 0.2) is 0 Å². The molecule has 0 radical (unpaired) electrons. The Morgan fingerprint density at radius 1 is 1.50 bits per heavy atom. The second kappa shape index (κ2) is 14.1. The fourth-order valence-electron chi connectivity index (χ4n) is 2.18. The molecule has 22 heavy (non-hydrogen) atoms. The zero-order chi connectivity index (χ0) is 16.6. The molecule has 0 amide bonds. The molecule has 0 aliphatic heterocycles. The highest BCUT2D eigenvalue weighted by atomic mass is 15.2. The van der Waals surface area contributed by atoms with Crippen molar-refractivity contribution in [3.8, 4) is 6.07 Å². The largest absolute Gasteiger partial charge is 0.304 e. The summed E-state index contributed by atoms with van der Waals surface area (Å²) in [7, 11) is 0. The van der Waals surface area contributed by atoms with Crippen LogP contribution < -0.4 is 16.6 Å². The zero-order valence-corrected chi connectivity index (χ0v) is 13.4. The summed E-state index contributed by atoms with van der Waals surface area (Å²) < 4.78 is 0. The van der Waals surface area contributed by atoms with E-state index in [1.54, 1.807) is 6.08 Å². The van der Waals surface area contributed by atoms with Crippen molar-refractivity contribution in [2.24, 2.45) is 16.8 Å². The minimum absolute atomic E-state index is 0.389. The number of hydrogen-bond acceptors (Lipinski definition) is 5. The first-order valence-electron chi connectivity index (χ1n) is 7.57. The van der Waals surface area contributed by atoms with E-state index < -0.39 is 0 Å². The summed E-state index contributed by atoms with van der Waals surface area (Å²) in [4.78, 5) is 3.95. The maximum Gasteiger partial charge on any atom is 0.107 e. The van der Waals surface area contributed by atoms with Gasteiger partial charge in [-0.25, -0.2) is 4.99 Å². The molecule has 0 aromatic heterocycles. The molecule has 0 aliphatic carbocycles. The van der Waals surface area contributed by atoms with Crippen LogP contribution in [0.2, 0.25) is 0 Å². The fourth-order valence-corrected chi connectivity index (χ4v) is 2.18. The first-order valence-corrected chi connectivity index (χ1v) is 7.57. The summed E-state index contributed by atoms with van der Waals surface area (Å²) in [6, 6.07) is 2.07. The third-order valence-electron chi connectivity index (χ3n) is 3.42. The normalized spacial score (nSPS) is 13.5. The fraction of sp³-hybridized carbons (Fsp3) is 0.562. The van der Waals surface area contributed by atoms with E-state index in [1.165, 1.54) is 0 Å². The van der Waals surface area contributed by atoms with Crippen LogP contribution in [0.4, 0.5) is 0 Å². The molecule has 0 aliphatic rings. The smallest absolute Gasteiger partial charge is 0.107 e. The lowest BCUT2D eigenvalue weighted by atomic mass is 9.97. The third-order valence-corrected chi connectivity index (χ3v) is 3.42. The van der Waals surface area contributed by atoms with Gasteiger partial charge in [-0.2, -0.15) is 5.26 Å². The van der Waals surface area contributed by atoms with Crippen LogP contribution in [0.15, 0.2) is 29.3 Å². The molecule has 6 heteroatoms. The average Bonchev–Trinajstić information content (AvgIpc) is 2.51. The van der Waals surface area contributed by atoms with Gasteiger partial charge in [-0.1, -0.05) is 18.7 Å². The molecule has 0 saturated carbocycles. The SMILES string of the molecule is C=C/C(=C\CCCC(CCNCC#N)CNN)C(C)=NC=N. The summed E-state index contributed by atoms with van der Waals surface area (Å²) in [5.74, 6) is 5.92. The standard InChI is InChI=1S/C16H28N6/c1-3-16(14(2)21-13-18)7-5-4-6-15(12-22-19)8-10-20-11-9-17/h3,7,13,15,18,20,22H,1,4-6,8,10-12,19H2,2H3/b16-7+,18-13?,21-14?. The van der Waals surface area contributed by atoms with E-state index in [1.807, 2.05) is 6.92 Å². The second-order valence-corrected chi connectivity index (χ2v) is 5.04. The minimum atomic E-state index is 0.389. The van der Waals surface area contributed by atoms with Crippen LogP contribution in [-0.2, 0) is 0 Å². The van der Waals surface area contributed by atoms with Crippen molar-refractivity contribution in [1.29, 1.82) is 10.7 Å². The predicted octanol–water partition coefficient (Wildman–Crippen LogP) is 1.92. The number of nitrogens with one attached hydrogen (secondary N) is 3. The van der Waals surface area contributed by atoms with Gasteiger partial charge in [-0.15, -0.1) is 0 Å². The molecule has 0 fully saturated rings. The number of nitrogens with two attached hydrogens (primary N) is 1. The topological polar surface area (TPSA) is 110 Å². The maximum atomic E-state index is 8.48. The van der Waals surface area contributed by atoms with E-state index in [0.717, 1.165) is 56.4 Å². The van der Waals surface area contributed by atoms with Crippen molar-refractivity contribution in [1.82, 2.24) is 10.7 Å². The van der Waals surface area contributed by atoms with Crippen LogP contribution >= 0.6 is 0 Å². The van der Waals surface area contributed by atoms with E-state index >= 15 is 0 Å². The average molecular weight is 304 g/mol. The first kappa shape index (κ1) is 20.2. The lowest BCUT2D eigenvalue weighted by molar-refractivity contribution is 0.406. The number of nitriles is 1. The van der Waals surface area contributed by atoms with E-state index in [4.69, 9.17) is 16.5 Å². The minimum Gasteiger partial charge on any atom is -0.304 e. The van der Waals surface area contributed by atoms with Gasteiger partial charge in [0.1, 0.15) is 6.34 Å². The summed E-state index contributed by atoms with van der Waals surface area (Å²) >= 11 is 0.